The van der Waals surface area contributed by atoms with Gasteiger partial charge in [-0.3, -0.25) is 4.79 Å². The largest absolute Gasteiger partial charge is 0.466 e. The van der Waals surface area contributed by atoms with Crippen molar-refractivity contribution in [3.05, 3.63) is 46.5 Å². The van der Waals surface area contributed by atoms with Crippen LogP contribution in [-0.2, 0) is 15.1 Å². The maximum absolute atomic E-state index is 12.3. The zero-order chi connectivity index (χ0) is 15.4. The molecule has 1 aliphatic rings. The van der Waals surface area contributed by atoms with Crippen LogP contribution in [0.15, 0.2) is 40.3 Å². The molecule has 1 unspecified atom stereocenters. The lowest BCUT2D eigenvalue weighted by Crippen LogP contribution is -2.44. The van der Waals surface area contributed by atoms with Crippen LogP contribution in [0.1, 0.15) is 23.5 Å². The first kappa shape index (κ1) is 15.3. The van der Waals surface area contributed by atoms with Crippen molar-refractivity contribution in [2.45, 2.75) is 18.4 Å². The average Bonchev–Trinajstić information content (AvgIpc) is 3.26. The van der Waals surface area contributed by atoms with Gasteiger partial charge in [0.05, 0.1) is 12.8 Å². The van der Waals surface area contributed by atoms with E-state index in [-0.39, 0.29) is 18.4 Å². The highest BCUT2D eigenvalue weighted by atomic mass is 32.1. The molecule has 3 rings (SSSR count). The summed E-state index contributed by atoms with van der Waals surface area (Å²) in [6, 6.07) is 7.16. The smallest absolute Gasteiger partial charge is 0.223 e. The van der Waals surface area contributed by atoms with Crippen molar-refractivity contribution in [2.75, 3.05) is 19.8 Å². The van der Waals surface area contributed by atoms with E-state index < -0.39 is 5.60 Å². The van der Waals surface area contributed by atoms with Crippen molar-refractivity contribution in [3.8, 4) is 0 Å². The van der Waals surface area contributed by atoms with E-state index in [1.54, 1.807) is 12.1 Å². The van der Waals surface area contributed by atoms with E-state index in [9.17, 15) is 9.90 Å². The fourth-order valence-electron chi connectivity index (χ4n) is 2.64. The van der Waals surface area contributed by atoms with E-state index in [0.717, 1.165) is 17.7 Å². The van der Waals surface area contributed by atoms with Crippen LogP contribution < -0.4 is 5.32 Å². The summed E-state index contributed by atoms with van der Waals surface area (Å²) in [5, 5.41) is 15.8. The molecule has 1 saturated heterocycles. The number of aliphatic hydroxyl groups is 1. The topological polar surface area (TPSA) is 71.7 Å². The molecule has 0 spiro atoms. The molecule has 0 radical (unpaired) electrons. The third-order valence-electron chi connectivity index (χ3n) is 3.97. The van der Waals surface area contributed by atoms with Gasteiger partial charge in [-0.1, -0.05) is 6.07 Å². The predicted molar refractivity (Wildman–Crippen MR) is 82.6 cm³/mol. The molecule has 5 nitrogen and oxygen atoms in total. The van der Waals surface area contributed by atoms with E-state index >= 15 is 0 Å². The summed E-state index contributed by atoms with van der Waals surface area (Å²) in [6.45, 7) is 1.33. The molecule has 0 bridgehead atoms. The average molecular weight is 321 g/mol. The van der Waals surface area contributed by atoms with E-state index in [0.29, 0.717) is 19.0 Å². The number of amides is 1. The molecule has 6 heteroatoms. The summed E-state index contributed by atoms with van der Waals surface area (Å²) < 4.78 is 10.7. The second kappa shape index (κ2) is 6.64. The fourth-order valence-corrected chi connectivity index (χ4v) is 3.47. The molecule has 1 aliphatic heterocycles. The Bertz CT molecular complexity index is 553. The van der Waals surface area contributed by atoms with Crippen molar-refractivity contribution in [1.29, 1.82) is 0 Å². The zero-order valence-electron chi connectivity index (χ0n) is 12.2. The highest BCUT2D eigenvalue weighted by molar-refractivity contribution is 7.10. The van der Waals surface area contributed by atoms with Crippen molar-refractivity contribution >= 4 is 17.2 Å². The number of hydrogen-bond donors (Lipinski definition) is 2. The van der Waals surface area contributed by atoms with E-state index in [2.05, 4.69) is 5.32 Å². The maximum Gasteiger partial charge on any atom is 0.223 e. The van der Waals surface area contributed by atoms with Crippen molar-refractivity contribution in [1.82, 2.24) is 5.32 Å². The minimum atomic E-state index is -1.33. The number of nitrogens with one attached hydrogen (secondary N) is 1. The molecule has 1 amide bonds. The lowest BCUT2D eigenvalue weighted by molar-refractivity contribution is -0.128. The SMILES string of the molecule is O=C(NCC(O)(c1ccco1)c1cccs1)C1CCOCC1. The first-order valence-electron chi connectivity index (χ1n) is 7.36. The van der Waals surface area contributed by atoms with Crippen LogP contribution in [0, 0.1) is 5.92 Å². The number of carbonyl (C=O) groups is 1. The number of ether oxygens (including phenoxy) is 1. The van der Waals surface area contributed by atoms with Crippen LogP contribution in [0.3, 0.4) is 0 Å². The summed E-state index contributed by atoms with van der Waals surface area (Å²) in [7, 11) is 0. The van der Waals surface area contributed by atoms with Crippen LogP contribution in [0.25, 0.3) is 0 Å². The van der Waals surface area contributed by atoms with Crippen molar-refractivity contribution < 1.29 is 19.1 Å². The Hall–Kier alpha value is -1.63. The van der Waals surface area contributed by atoms with Crippen LogP contribution in [-0.4, -0.2) is 30.8 Å². The van der Waals surface area contributed by atoms with Gasteiger partial charge >= 0.3 is 0 Å². The third kappa shape index (κ3) is 3.09. The van der Waals surface area contributed by atoms with E-state index in [1.165, 1.54) is 17.6 Å². The summed E-state index contributed by atoms with van der Waals surface area (Å²) >= 11 is 1.43. The van der Waals surface area contributed by atoms with Gasteiger partial charge in [0.25, 0.3) is 0 Å². The number of rotatable bonds is 5. The van der Waals surface area contributed by atoms with Gasteiger partial charge in [-0.25, -0.2) is 0 Å². The Morgan fingerprint density at radius 1 is 1.36 bits per heavy atom. The Kier molecular flexibility index (Phi) is 4.61. The molecule has 118 valence electrons. The molecular weight excluding hydrogens is 302 g/mol. The fraction of sp³-hybridized carbons (Fsp3) is 0.438. The monoisotopic (exact) mass is 321 g/mol. The Morgan fingerprint density at radius 2 is 2.18 bits per heavy atom. The Balaban J connectivity index is 1.72. The van der Waals surface area contributed by atoms with Crippen LogP contribution in [0.5, 0.6) is 0 Å². The predicted octanol–water partition coefficient (Wildman–Crippen LogP) is 2.12. The molecule has 0 aliphatic carbocycles. The van der Waals surface area contributed by atoms with Crippen molar-refractivity contribution in [2.24, 2.45) is 5.92 Å². The van der Waals surface area contributed by atoms with E-state index in [1.807, 2.05) is 17.5 Å². The second-order valence-corrected chi connectivity index (χ2v) is 6.37. The Labute approximate surface area is 132 Å². The number of hydrogen-bond acceptors (Lipinski definition) is 5. The van der Waals surface area contributed by atoms with Gasteiger partial charge in [0.1, 0.15) is 5.76 Å². The quantitative estimate of drug-likeness (QED) is 0.885. The lowest BCUT2D eigenvalue weighted by Gasteiger charge is -2.27. The molecule has 0 aromatic carbocycles. The summed E-state index contributed by atoms with van der Waals surface area (Å²) in [6.07, 6.45) is 2.97. The molecule has 22 heavy (non-hydrogen) atoms. The van der Waals surface area contributed by atoms with Gasteiger partial charge in [0.2, 0.25) is 5.91 Å². The molecule has 2 aromatic heterocycles. The first-order valence-corrected chi connectivity index (χ1v) is 8.24. The van der Waals surface area contributed by atoms with Crippen LogP contribution >= 0.6 is 11.3 Å². The third-order valence-corrected chi connectivity index (χ3v) is 4.99. The van der Waals surface area contributed by atoms with Gasteiger partial charge in [-0.2, -0.15) is 0 Å². The minimum Gasteiger partial charge on any atom is -0.466 e. The van der Waals surface area contributed by atoms with Gasteiger partial charge in [-0.05, 0) is 36.4 Å². The summed E-state index contributed by atoms with van der Waals surface area (Å²) in [4.78, 5) is 13.0. The molecule has 0 saturated carbocycles. The normalized spacial score (nSPS) is 18.8. The summed E-state index contributed by atoms with van der Waals surface area (Å²) in [5.74, 6) is 0.352. The second-order valence-electron chi connectivity index (χ2n) is 5.42. The highest BCUT2D eigenvalue weighted by Crippen LogP contribution is 2.32. The lowest BCUT2D eigenvalue weighted by atomic mass is 9.96. The van der Waals surface area contributed by atoms with Gasteiger partial charge in [0.15, 0.2) is 5.60 Å². The molecule has 3 heterocycles. The van der Waals surface area contributed by atoms with Gasteiger partial charge in [0, 0.05) is 24.0 Å². The van der Waals surface area contributed by atoms with Gasteiger partial charge in [-0.15, -0.1) is 11.3 Å². The molecule has 2 aromatic rings. The number of thiophene rings is 1. The van der Waals surface area contributed by atoms with Gasteiger partial charge < -0.3 is 19.6 Å². The number of carbonyl (C=O) groups excluding carboxylic acids is 1. The maximum atomic E-state index is 12.3. The van der Waals surface area contributed by atoms with Crippen LogP contribution in [0.2, 0.25) is 0 Å². The van der Waals surface area contributed by atoms with Crippen LogP contribution in [0.4, 0.5) is 0 Å². The van der Waals surface area contributed by atoms with E-state index in [4.69, 9.17) is 9.15 Å². The Morgan fingerprint density at radius 3 is 2.82 bits per heavy atom. The number of furan rings is 1. The molecule has 2 N–H and O–H groups in total. The summed E-state index contributed by atoms with van der Waals surface area (Å²) in [5.41, 5.74) is -1.33. The highest BCUT2D eigenvalue weighted by Gasteiger charge is 2.36. The molecular formula is C16H19NO4S. The zero-order valence-corrected chi connectivity index (χ0v) is 13.0. The minimum absolute atomic E-state index is 0.0372. The molecule has 1 atom stereocenters. The first-order chi connectivity index (χ1) is 10.7. The molecule has 1 fully saturated rings. The van der Waals surface area contributed by atoms with Crippen molar-refractivity contribution in [3.63, 3.8) is 0 Å². The standard InChI is InChI=1S/C16H19NO4S/c18-15(12-5-8-20-9-6-12)17-11-16(19,13-3-1-7-21-13)14-4-2-10-22-14/h1-4,7,10,12,19H,5-6,8-9,11H2,(H,17,18).